The summed E-state index contributed by atoms with van der Waals surface area (Å²) < 4.78 is 7.49. The van der Waals surface area contributed by atoms with E-state index in [2.05, 4.69) is 55.1 Å². The van der Waals surface area contributed by atoms with Crippen LogP contribution in [0.1, 0.15) is 40.3 Å². The maximum Gasteiger partial charge on any atom is 0.0965 e. The van der Waals surface area contributed by atoms with Gasteiger partial charge in [-0.15, -0.1) is 5.10 Å². The van der Waals surface area contributed by atoms with Crippen molar-refractivity contribution >= 4 is 0 Å². The number of hydrogen-bond donors (Lipinski definition) is 1. The van der Waals surface area contributed by atoms with Gasteiger partial charge in [-0.05, 0) is 33.9 Å². The summed E-state index contributed by atoms with van der Waals surface area (Å²) in [4.78, 5) is 2.35. The molecule has 0 amide bonds. The van der Waals surface area contributed by atoms with Crippen LogP contribution in [0.4, 0.5) is 0 Å². The molecule has 0 bridgehead atoms. The van der Waals surface area contributed by atoms with E-state index in [1.165, 1.54) is 0 Å². The molecule has 21 heavy (non-hydrogen) atoms. The first kappa shape index (κ1) is 18.1. The number of ether oxygens (including phenoxy) is 1. The van der Waals surface area contributed by atoms with E-state index in [1.54, 1.807) is 0 Å². The third-order valence-electron chi connectivity index (χ3n) is 3.30. The van der Waals surface area contributed by atoms with Gasteiger partial charge < -0.3 is 15.0 Å². The first-order chi connectivity index (χ1) is 9.94. The highest BCUT2D eigenvalue weighted by Crippen LogP contribution is 2.01. The molecule has 0 atom stereocenters. The third-order valence-corrected chi connectivity index (χ3v) is 3.30. The minimum absolute atomic E-state index is 0.0946. The zero-order valence-corrected chi connectivity index (χ0v) is 14.2. The number of hydrogen-bond acceptors (Lipinski definition) is 5. The van der Waals surface area contributed by atoms with E-state index in [4.69, 9.17) is 4.74 Å². The summed E-state index contributed by atoms with van der Waals surface area (Å²) in [5, 5.41) is 11.7. The normalized spacial score (nSPS) is 12.3. The molecule has 0 radical (unpaired) electrons. The van der Waals surface area contributed by atoms with Crippen molar-refractivity contribution < 1.29 is 4.74 Å². The lowest BCUT2D eigenvalue weighted by Crippen LogP contribution is -2.35. The maximum absolute atomic E-state index is 5.65. The van der Waals surface area contributed by atoms with Gasteiger partial charge in [-0.25, -0.2) is 4.68 Å². The Morgan fingerprint density at radius 3 is 2.57 bits per heavy atom. The van der Waals surface area contributed by atoms with Crippen LogP contribution >= 0.6 is 0 Å². The number of rotatable bonds is 10. The van der Waals surface area contributed by atoms with Gasteiger partial charge in [0.15, 0.2) is 0 Å². The predicted octanol–water partition coefficient (Wildman–Crippen LogP) is 1.52. The maximum atomic E-state index is 5.65. The van der Waals surface area contributed by atoms with Gasteiger partial charge in [0.1, 0.15) is 0 Å². The molecule has 0 saturated heterocycles. The Labute approximate surface area is 128 Å². The van der Waals surface area contributed by atoms with Crippen LogP contribution in [0.2, 0.25) is 0 Å². The molecule has 122 valence electrons. The Bertz CT molecular complexity index is 382. The number of likely N-dealkylation sites (N-methyl/N-ethyl adjacent to an activating group) is 1. The second-order valence-electron chi connectivity index (χ2n) is 6.22. The van der Waals surface area contributed by atoms with Gasteiger partial charge in [-0.2, -0.15) is 0 Å². The quantitative estimate of drug-likeness (QED) is 0.664. The topological polar surface area (TPSA) is 55.2 Å². The van der Waals surface area contributed by atoms with Crippen molar-refractivity contribution in [2.24, 2.45) is 0 Å². The van der Waals surface area contributed by atoms with Crippen LogP contribution in [-0.4, -0.2) is 58.3 Å². The van der Waals surface area contributed by atoms with Crippen molar-refractivity contribution in [3.05, 3.63) is 11.9 Å². The average Bonchev–Trinajstić information content (AvgIpc) is 2.88. The summed E-state index contributed by atoms with van der Waals surface area (Å²) in [5.41, 5.74) is 1.06. The molecule has 1 aromatic heterocycles. The zero-order chi connectivity index (χ0) is 15.7. The van der Waals surface area contributed by atoms with Crippen molar-refractivity contribution in [2.45, 2.75) is 53.2 Å². The minimum Gasteiger partial charge on any atom is -0.378 e. The molecule has 0 aliphatic rings. The van der Waals surface area contributed by atoms with Crippen LogP contribution in [0.25, 0.3) is 0 Å². The highest BCUT2D eigenvalue weighted by molar-refractivity contribution is 4.92. The summed E-state index contributed by atoms with van der Waals surface area (Å²) in [6.45, 7) is 16.9. The van der Waals surface area contributed by atoms with Crippen LogP contribution in [0.15, 0.2) is 6.20 Å². The Hall–Kier alpha value is -0.980. The lowest BCUT2D eigenvalue weighted by Gasteiger charge is -2.19. The second-order valence-corrected chi connectivity index (χ2v) is 6.22. The van der Waals surface area contributed by atoms with E-state index < -0.39 is 0 Å². The largest absolute Gasteiger partial charge is 0.378 e. The highest BCUT2D eigenvalue weighted by atomic mass is 16.5. The molecule has 0 aromatic carbocycles. The molecule has 0 spiro atoms. The summed E-state index contributed by atoms with van der Waals surface area (Å²) in [6.07, 6.45) is 1.98. The fourth-order valence-corrected chi connectivity index (χ4v) is 1.88. The van der Waals surface area contributed by atoms with Gasteiger partial charge in [-0.3, -0.25) is 0 Å². The lowest BCUT2D eigenvalue weighted by atomic mass is 10.1. The van der Waals surface area contributed by atoms with Crippen molar-refractivity contribution in [1.82, 2.24) is 25.2 Å². The minimum atomic E-state index is 0.0946. The number of aromatic nitrogens is 3. The molecule has 0 aliphatic carbocycles. The van der Waals surface area contributed by atoms with Gasteiger partial charge in [0.2, 0.25) is 0 Å². The number of nitrogens with one attached hydrogen (secondary N) is 1. The molecule has 1 N–H and O–H groups in total. The first-order valence-electron chi connectivity index (χ1n) is 7.88. The van der Waals surface area contributed by atoms with Crippen LogP contribution < -0.4 is 5.32 Å². The van der Waals surface area contributed by atoms with Crippen LogP contribution in [-0.2, 0) is 17.8 Å². The van der Waals surface area contributed by atoms with E-state index in [-0.39, 0.29) is 5.54 Å². The molecular weight excluding hydrogens is 266 g/mol. The molecule has 1 heterocycles. The molecule has 6 heteroatoms. The molecule has 0 saturated carbocycles. The van der Waals surface area contributed by atoms with Gasteiger partial charge in [-0.1, -0.05) is 19.1 Å². The van der Waals surface area contributed by atoms with Crippen molar-refractivity contribution in [2.75, 3.05) is 32.8 Å². The first-order valence-corrected chi connectivity index (χ1v) is 7.88. The molecule has 0 unspecified atom stereocenters. The summed E-state index contributed by atoms with van der Waals surface area (Å²) in [6, 6.07) is 0. The van der Waals surface area contributed by atoms with Gasteiger partial charge in [0, 0.05) is 24.8 Å². The van der Waals surface area contributed by atoms with Crippen molar-refractivity contribution in [3.8, 4) is 0 Å². The molecule has 1 aromatic rings. The SMILES string of the molecule is CCN(CC)CCOCCn1cc(CNC(C)(C)C)nn1. The van der Waals surface area contributed by atoms with Crippen LogP contribution in [0.5, 0.6) is 0 Å². The lowest BCUT2D eigenvalue weighted by molar-refractivity contribution is 0.0988. The predicted molar refractivity (Wildman–Crippen MR) is 85.2 cm³/mol. The van der Waals surface area contributed by atoms with Crippen molar-refractivity contribution in [3.63, 3.8) is 0 Å². The molecule has 1 rings (SSSR count). The Balaban J connectivity index is 2.17. The fourth-order valence-electron chi connectivity index (χ4n) is 1.88. The molecule has 0 fully saturated rings. The van der Waals surface area contributed by atoms with Gasteiger partial charge in [0.05, 0.1) is 25.5 Å². The second kappa shape index (κ2) is 9.12. The summed E-state index contributed by atoms with van der Waals surface area (Å²) in [7, 11) is 0. The molecule has 0 aliphatic heterocycles. The Morgan fingerprint density at radius 1 is 1.24 bits per heavy atom. The van der Waals surface area contributed by atoms with Crippen LogP contribution in [0, 0.1) is 0 Å². The smallest absolute Gasteiger partial charge is 0.0965 e. The monoisotopic (exact) mass is 297 g/mol. The number of nitrogens with zero attached hydrogens (tertiary/aromatic N) is 4. The van der Waals surface area contributed by atoms with E-state index in [1.807, 2.05) is 10.9 Å². The summed E-state index contributed by atoms with van der Waals surface area (Å²) >= 11 is 0. The third kappa shape index (κ3) is 8.14. The van der Waals surface area contributed by atoms with E-state index in [0.717, 1.165) is 45.0 Å². The Morgan fingerprint density at radius 2 is 1.95 bits per heavy atom. The molecular formula is C15H31N5O. The van der Waals surface area contributed by atoms with Crippen LogP contribution in [0.3, 0.4) is 0 Å². The highest BCUT2D eigenvalue weighted by Gasteiger charge is 2.10. The standard InChI is InChI=1S/C15H31N5O/c1-6-19(7-2)8-10-21-11-9-20-13-14(17-18-20)12-16-15(3,4)5/h13,16H,6-12H2,1-5H3. The summed E-state index contributed by atoms with van der Waals surface area (Å²) in [5.74, 6) is 0. The average molecular weight is 297 g/mol. The van der Waals surface area contributed by atoms with Crippen molar-refractivity contribution in [1.29, 1.82) is 0 Å². The Kier molecular flexibility index (Phi) is 7.85. The van der Waals surface area contributed by atoms with E-state index in [0.29, 0.717) is 6.61 Å². The van der Waals surface area contributed by atoms with Gasteiger partial charge >= 0.3 is 0 Å². The van der Waals surface area contributed by atoms with E-state index >= 15 is 0 Å². The van der Waals surface area contributed by atoms with Gasteiger partial charge in [0.25, 0.3) is 0 Å². The zero-order valence-electron chi connectivity index (χ0n) is 14.2. The molecule has 6 nitrogen and oxygen atoms in total. The fraction of sp³-hybridized carbons (Fsp3) is 0.867. The van der Waals surface area contributed by atoms with E-state index in [9.17, 15) is 0 Å².